The van der Waals surface area contributed by atoms with Crippen LogP contribution < -0.4 is 9.64 Å². The van der Waals surface area contributed by atoms with Gasteiger partial charge in [-0.05, 0) is 68.7 Å². The van der Waals surface area contributed by atoms with Crippen molar-refractivity contribution < 1.29 is 19.4 Å². The SMILES string of the molecule is COc1ccc(/C(O)=C2/C(=O)C(=O)N(c3cccc(Cl)c3)C2c2cccc3ccccc23)cc1Br. The highest BCUT2D eigenvalue weighted by molar-refractivity contribution is 9.10. The summed E-state index contributed by atoms with van der Waals surface area (Å²) in [5.74, 6) is -1.20. The minimum atomic E-state index is -0.861. The van der Waals surface area contributed by atoms with E-state index in [9.17, 15) is 14.7 Å². The quantitative estimate of drug-likeness (QED) is 0.171. The van der Waals surface area contributed by atoms with Gasteiger partial charge in [0.05, 0.1) is 23.2 Å². The minimum Gasteiger partial charge on any atom is -0.507 e. The van der Waals surface area contributed by atoms with Crippen LogP contribution in [0.3, 0.4) is 0 Å². The fourth-order valence-corrected chi connectivity index (χ4v) is 5.20. The molecule has 5 rings (SSSR count). The number of halogens is 2. The molecule has 1 atom stereocenters. The highest BCUT2D eigenvalue weighted by atomic mass is 79.9. The lowest BCUT2D eigenvalue weighted by Gasteiger charge is -2.26. The summed E-state index contributed by atoms with van der Waals surface area (Å²) >= 11 is 9.66. The monoisotopic (exact) mass is 547 g/mol. The van der Waals surface area contributed by atoms with E-state index in [4.69, 9.17) is 16.3 Å². The number of fused-ring (bicyclic) bond motifs is 1. The van der Waals surface area contributed by atoms with Gasteiger partial charge >= 0.3 is 0 Å². The van der Waals surface area contributed by atoms with Gasteiger partial charge in [0.2, 0.25) is 0 Å². The van der Waals surface area contributed by atoms with Gasteiger partial charge in [-0.3, -0.25) is 14.5 Å². The standard InChI is InChI=1S/C28H19BrClNO4/c1-35-23-13-12-17(14-22(23)29)26(32)24-25(21-11-4-7-16-6-2-3-10-20(16)21)31(28(34)27(24)33)19-9-5-8-18(30)15-19/h2-15,25,32H,1H3/b26-24-. The number of rotatable bonds is 4. The van der Waals surface area contributed by atoms with Gasteiger partial charge in [0, 0.05) is 16.3 Å². The van der Waals surface area contributed by atoms with Crippen molar-refractivity contribution in [3.8, 4) is 5.75 Å². The van der Waals surface area contributed by atoms with Crippen molar-refractivity contribution in [2.45, 2.75) is 6.04 Å². The number of Topliss-reactive ketones (excluding diaryl/α,β-unsaturated/α-hetero) is 1. The number of aliphatic hydroxyl groups excluding tert-OH is 1. The van der Waals surface area contributed by atoms with Crippen LogP contribution in [0.25, 0.3) is 16.5 Å². The summed E-state index contributed by atoms with van der Waals surface area (Å²) < 4.78 is 5.89. The molecule has 1 heterocycles. The number of benzene rings is 4. The number of carbonyl (C=O) groups is 2. The average molecular weight is 549 g/mol. The van der Waals surface area contributed by atoms with Gasteiger partial charge < -0.3 is 9.84 Å². The van der Waals surface area contributed by atoms with Crippen molar-refractivity contribution in [3.05, 3.63) is 111 Å². The van der Waals surface area contributed by atoms with E-state index in [1.54, 1.807) is 42.5 Å². The van der Waals surface area contributed by atoms with E-state index in [1.165, 1.54) is 12.0 Å². The molecule has 0 aromatic heterocycles. The number of ether oxygens (including phenoxy) is 1. The van der Waals surface area contributed by atoms with Crippen LogP contribution in [0.15, 0.2) is 95.0 Å². The van der Waals surface area contributed by atoms with Gasteiger partial charge in [0.1, 0.15) is 11.5 Å². The maximum absolute atomic E-state index is 13.4. The van der Waals surface area contributed by atoms with Crippen molar-refractivity contribution in [2.75, 3.05) is 12.0 Å². The van der Waals surface area contributed by atoms with E-state index in [-0.39, 0.29) is 11.3 Å². The molecule has 0 spiro atoms. The average Bonchev–Trinajstić information content (AvgIpc) is 3.13. The third-order valence-corrected chi connectivity index (χ3v) is 6.93. The summed E-state index contributed by atoms with van der Waals surface area (Å²) in [5.41, 5.74) is 1.57. The molecule has 0 bridgehead atoms. The molecule has 1 unspecified atom stereocenters. The van der Waals surface area contributed by atoms with Crippen LogP contribution in [0.1, 0.15) is 17.2 Å². The zero-order valence-corrected chi connectivity index (χ0v) is 20.9. The van der Waals surface area contributed by atoms with E-state index in [2.05, 4.69) is 15.9 Å². The highest BCUT2D eigenvalue weighted by Crippen LogP contribution is 2.45. The Hall–Kier alpha value is -3.61. The number of carbonyl (C=O) groups excluding carboxylic acids is 2. The molecule has 35 heavy (non-hydrogen) atoms. The van der Waals surface area contributed by atoms with Crippen molar-refractivity contribution in [3.63, 3.8) is 0 Å². The first-order valence-electron chi connectivity index (χ1n) is 10.8. The molecule has 1 fully saturated rings. The predicted molar refractivity (Wildman–Crippen MR) is 141 cm³/mol. The molecular weight excluding hydrogens is 530 g/mol. The minimum absolute atomic E-state index is 0.00314. The molecule has 0 radical (unpaired) electrons. The molecule has 1 amide bonds. The third-order valence-electron chi connectivity index (χ3n) is 6.07. The maximum Gasteiger partial charge on any atom is 0.300 e. The van der Waals surface area contributed by atoms with Crippen molar-refractivity contribution in [2.24, 2.45) is 0 Å². The van der Waals surface area contributed by atoms with Crippen molar-refractivity contribution in [1.29, 1.82) is 0 Å². The number of nitrogens with zero attached hydrogens (tertiary/aromatic N) is 1. The molecule has 0 saturated carbocycles. The largest absolute Gasteiger partial charge is 0.507 e. The number of hydrogen-bond acceptors (Lipinski definition) is 4. The lowest BCUT2D eigenvalue weighted by molar-refractivity contribution is -0.132. The van der Waals surface area contributed by atoms with E-state index in [0.717, 1.165) is 16.3 Å². The van der Waals surface area contributed by atoms with E-state index in [0.29, 0.717) is 26.5 Å². The second kappa shape index (κ2) is 9.21. The van der Waals surface area contributed by atoms with Gasteiger partial charge in [0.15, 0.2) is 0 Å². The van der Waals surface area contributed by atoms with Crippen LogP contribution in [0.4, 0.5) is 5.69 Å². The van der Waals surface area contributed by atoms with Crippen LogP contribution >= 0.6 is 27.5 Å². The number of aliphatic hydroxyl groups is 1. The summed E-state index contributed by atoms with van der Waals surface area (Å²) in [6, 6.07) is 24.3. The van der Waals surface area contributed by atoms with E-state index in [1.807, 2.05) is 42.5 Å². The molecule has 7 heteroatoms. The Kier molecular flexibility index (Phi) is 6.09. The van der Waals surface area contributed by atoms with E-state index >= 15 is 0 Å². The summed E-state index contributed by atoms with van der Waals surface area (Å²) in [5, 5.41) is 13.7. The van der Waals surface area contributed by atoms with Crippen LogP contribution in [0, 0.1) is 0 Å². The Balaban J connectivity index is 1.80. The number of amides is 1. The van der Waals surface area contributed by atoms with Gasteiger partial charge in [-0.25, -0.2) is 0 Å². The van der Waals surface area contributed by atoms with Crippen molar-refractivity contribution in [1.82, 2.24) is 0 Å². The Morgan fingerprint density at radius 3 is 2.46 bits per heavy atom. The summed E-state index contributed by atoms with van der Waals surface area (Å²) in [6.45, 7) is 0. The third kappa shape index (κ3) is 3.99. The van der Waals surface area contributed by atoms with Gasteiger partial charge in [0.25, 0.3) is 11.7 Å². The predicted octanol–water partition coefficient (Wildman–Crippen LogP) is 6.89. The molecule has 1 aliphatic rings. The van der Waals surface area contributed by atoms with Crippen molar-refractivity contribution >= 4 is 61.4 Å². The van der Waals surface area contributed by atoms with Crippen LogP contribution in [0.5, 0.6) is 5.75 Å². The van der Waals surface area contributed by atoms with Crippen LogP contribution in [-0.4, -0.2) is 23.9 Å². The molecule has 5 nitrogen and oxygen atoms in total. The molecule has 4 aromatic carbocycles. The number of ketones is 1. The highest BCUT2D eigenvalue weighted by Gasteiger charge is 2.47. The molecule has 174 valence electrons. The number of anilines is 1. The van der Waals surface area contributed by atoms with Crippen LogP contribution in [0.2, 0.25) is 5.02 Å². The molecule has 4 aromatic rings. The normalized spacial score (nSPS) is 17.2. The first kappa shape index (κ1) is 23.1. The second-order valence-corrected chi connectivity index (χ2v) is 9.36. The van der Waals surface area contributed by atoms with E-state index < -0.39 is 17.7 Å². The zero-order valence-electron chi connectivity index (χ0n) is 18.5. The number of hydrogen-bond donors (Lipinski definition) is 1. The van der Waals surface area contributed by atoms with Crippen LogP contribution in [-0.2, 0) is 9.59 Å². The Bertz CT molecular complexity index is 1530. The lowest BCUT2D eigenvalue weighted by Crippen LogP contribution is -2.29. The summed E-state index contributed by atoms with van der Waals surface area (Å²) in [6.07, 6.45) is 0. The fraction of sp³-hybridized carbons (Fsp3) is 0.0714. The topological polar surface area (TPSA) is 66.8 Å². The number of methoxy groups -OCH3 is 1. The summed E-state index contributed by atoms with van der Waals surface area (Å²) in [4.78, 5) is 28.3. The molecular formula is C28H19BrClNO4. The Morgan fingerprint density at radius 1 is 0.971 bits per heavy atom. The smallest absolute Gasteiger partial charge is 0.300 e. The molecule has 1 N–H and O–H groups in total. The zero-order chi connectivity index (χ0) is 24.7. The van der Waals surface area contributed by atoms with Gasteiger partial charge in [-0.2, -0.15) is 0 Å². The molecule has 1 saturated heterocycles. The fourth-order valence-electron chi connectivity index (χ4n) is 4.48. The first-order valence-corrected chi connectivity index (χ1v) is 12.0. The Morgan fingerprint density at radius 2 is 1.71 bits per heavy atom. The summed E-state index contributed by atoms with van der Waals surface area (Å²) in [7, 11) is 1.54. The molecule has 0 aliphatic carbocycles. The van der Waals surface area contributed by atoms with Gasteiger partial charge in [-0.15, -0.1) is 0 Å². The maximum atomic E-state index is 13.4. The lowest BCUT2D eigenvalue weighted by atomic mass is 9.91. The Labute approximate surface area is 215 Å². The van der Waals surface area contributed by atoms with Gasteiger partial charge in [-0.1, -0.05) is 60.1 Å². The first-order chi connectivity index (χ1) is 16.9. The second-order valence-electron chi connectivity index (χ2n) is 8.07. The molecule has 1 aliphatic heterocycles.